The second kappa shape index (κ2) is 15.1. The summed E-state index contributed by atoms with van der Waals surface area (Å²) in [4.78, 5) is 21.8. The van der Waals surface area contributed by atoms with E-state index in [0.717, 1.165) is 22.4 Å². The largest absolute Gasteiger partial charge is 0.395 e. The number of thiophene rings is 1. The van der Waals surface area contributed by atoms with E-state index in [9.17, 15) is 0 Å². The Morgan fingerprint density at radius 2 is 2.10 bits per heavy atom. The molecule has 0 spiro atoms. The second-order valence-corrected chi connectivity index (χ2v) is 7.49. The summed E-state index contributed by atoms with van der Waals surface area (Å²) in [5.41, 5.74) is 2.01. The van der Waals surface area contributed by atoms with Crippen LogP contribution < -0.4 is 16.0 Å². The molecule has 4 N–H and O–H groups in total. The lowest BCUT2D eigenvalue weighted by molar-refractivity contribution is -0.0979. The zero-order valence-corrected chi connectivity index (χ0v) is 19.0. The Kier molecular flexibility index (Phi) is 12.7. The fraction of sp³-hybridized carbons (Fsp3) is 0.200. The molecule has 3 heterocycles. The van der Waals surface area contributed by atoms with Gasteiger partial charge in [-0.15, -0.1) is 11.3 Å². The highest BCUT2D eigenvalue weighted by molar-refractivity contribution is 9.10. The van der Waals surface area contributed by atoms with Crippen LogP contribution in [0.25, 0.3) is 0 Å². The van der Waals surface area contributed by atoms with E-state index >= 15 is 0 Å². The van der Waals surface area contributed by atoms with Crippen LogP contribution in [-0.4, -0.2) is 40.0 Å². The summed E-state index contributed by atoms with van der Waals surface area (Å²) in [7, 11) is 0. The zero-order valence-electron chi connectivity index (χ0n) is 16.6. The molecule has 0 saturated carbocycles. The Labute approximate surface area is 188 Å². The highest BCUT2D eigenvalue weighted by atomic mass is 79.9. The molecule has 0 amide bonds. The highest BCUT2D eigenvalue weighted by Gasteiger charge is 2.05. The summed E-state index contributed by atoms with van der Waals surface area (Å²) < 4.78 is 0.767. The van der Waals surface area contributed by atoms with E-state index in [2.05, 4.69) is 53.4 Å². The quantitative estimate of drug-likeness (QED) is 0.374. The number of aryl methyl sites for hydroxylation is 1. The Morgan fingerprint density at radius 1 is 1.30 bits per heavy atom. The monoisotopic (exact) mass is 492 g/mol. The highest BCUT2D eigenvalue weighted by Crippen LogP contribution is 2.24. The van der Waals surface area contributed by atoms with Gasteiger partial charge in [0.25, 0.3) is 0 Å². The van der Waals surface area contributed by atoms with Crippen molar-refractivity contribution in [3.05, 3.63) is 69.9 Å². The van der Waals surface area contributed by atoms with E-state index in [0.29, 0.717) is 18.3 Å². The van der Waals surface area contributed by atoms with E-state index in [1.807, 2.05) is 43.4 Å². The molecule has 0 aliphatic carbocycles. The SMILES string of the molecule is C=CNCc1ccccn1.C=O.Cc1cc(Nc2ncc(Br)c(NCCO)n2)cs1. The molecular weight excluding hydrogens is 468 g/mol. The maximum absolute atomic E-state index is 8.79. The third-order valence-electron chi connectivity index (χ3n) is 3.29. The summed E-state index contributed by atoms with van der Waals surface area (Å²) >= 11 is 5.02. The maximum Gasteiger partial charge on any atom is 0.229 e. The first-order chi connectivity index (χ1) is 14.6. The molecule has 30 heavy (non-hydrogen) atoms. The molecule has 3 aromatic rings. The number of aliphatic hydroxyl groups is 1. The number of halogens is 1. The predicted octanol–water partition coefficient (Wildman–Crippen LogP) is 3.89. The molecular formula is C20H25BrN6O2S. The minimum atomic E-state index is 0.0585. The topological polar surface area (TPSA) is 112 Å². The lowest BCUT2D eigenvalue weighted by Gasteiger charge is -2.08. The second-order valence-electron chi connectivity index (χ2n) is 5.52. The summed E-state index contributed by atoms with van der Waals surface area (Å²) in [5, 5.41) is 19.9. The summed E-state index contributed by atoms with van der Waals surface area (Å²) in [6.07, 6.45) is 5.11. The molecule has 0 atom stereocenters. The van der Waals surface area contributed by atoms with Gasteiger partial charge in [-0.25, -0.2) is 4.98 Å². The number of rotatable bonds is 8. The molecule has 0 radical (unpaired) electrons. The molecule has 3 rings (SSSR count). The van der Waals surface area contributed by atoms with Crippen molar-refractivity contribution >= 4 is 51.5 Å². The predicted molar refractivity (Wildman–Crippen MR) is 126 cm³/mol. The van der Waals surface area contributed by atoms with Crippen LogP contribution >= 0.6 is 27.3 Å². The van der Waals surface area contributed by atoms with Gasteiger partial charge < -0.3 is 25.9 Å². The number of carbonyl (C=O) groups excluding carboxylic acids is 1. The Morgan fingerprint density at radius 3 is 2.70 bits per heavy atom. The molecule has 10 heteroatoms. The van der Waals surface area contributed by atoms with Gasteiger partial charge in [0, 0.05) is 29.2 Å². The lowest BCUT2D eigenvalue weighted by atomic mass is 10.3. The number of aliphatic hydroxyl groups excluding tert-OH is 1. The molecule has 8 nitrogen and oxygen atoms in total. The van der Waals surface area contributed by atoms with Crippen LogP contribution in [0.3, 0.4) is 0 Å². The van der Waals surface area contributed by atoms with Crippen LogP contribution in [0.1, 0.15) is 10.6 Å². The van der Waals surface area contributed by atoms with Crippen molar-refractivity contribution < 1.29 is 9.90 Å². The standard InChI is InChI=1S/C11H13BrN4OS.C8H10N2.CH2O/c1-7-4-8(6-18-7)15-11-14-5-9(12)10(16-11)13-2-3-17;1-2-9-7-8-5-3-4-6-10-8;1-2/h4-6,17H,2-3H2,1H3,(H2,13,14,15,16);2-6,9H,1,7H2;1H2. The first kappa shape index (κ1) is 25.2. The van der Waals surface area contributed by atoms with E-state index in [4.69, 9.17) is 9.90 Å². The van der Waals surface area contributed by atoms with Crippen LogP contribution in [0.5, 0.6) is 0 Å². The van der Waals surface area contributed by atoms with E-state index in [-0.39, 0.29) is 6.61 Å². The van der Waals surface area contributed by atoms with Crippen LogP contribution in [0.4, 0.5) is 17.5 Å². The maximum atomic E-state index is 8.79. The first-order valence-corrected chi connectivity index (χ1v) is 10.5. The number of anilines is 3. The van der Waals surface area contributed by atoms with Crippen molar-refractivity contribution in [1.82, 2.24) is 20.3 Å². The number of nitrogens with zero attached hydrogens (tertiary/aromatic N) is 3. The van der Waals surface area contributed by atoms with Crippen LogP contribution in [0.2, 0.25) is 0 Å². The van der Waals surface area contributed by atoms with Gasteiger partial charge in [0.1, 0.15) is 12.6 Å². The Bertz CT molecular complexity index is 879. The summed E-state index contributed by atoms with van der Waals surface area (Å²) in [6.45, 7) is 8.85. The normalized spacial score (nSPS) is 9.30. The molecule has 0 bridgehead atoms. The minimum Gasteiger partial charge on any atom is -0.395 e. The van der Waals surface area contributed by atoms with Crippen molar-refractivity contribution in [1.29, 1.82) is 0 Å². The first-order valence-electron chi connectivity index (χ1n) is 8.85. The van der Waals surface area contributed by atoms with Crippen molar-refractivity contribution in [2.45, 2.75) is 13.5 Å². The van der Waals surface area contributed by atoms with E-state index in [1.165, 1.54) is 4.88 Å². The van der Waals surface area contributed by atoms with Crippen LogP contribution in [0, 0.1) is 6.92 Å². The van der Waals surface area contributed by atoms with Gasteiger partial charge in [0.2, 0.25) is 5.95 Å². The number of nitrogens with one attached hydrogen (secondary N) is 3. The Balaban J connectivity index is 0.000000318. The van der Waals surface area contributed by atoms with Crippen LogP contribution in [0.15, 0.2) is 59.3 Å². The van der Waals surface area contributed by atoms with Crippen molar-refractivity contribution in [2.24, 2.45) is 0 Å². The molecule has 160 valence electrons. The van der Waals surface area contributed by atoms with E-state index < -0.39 is 0 Å². The average molecular weight is 493 g/mol. The van der Waals surface area contributed by atoms with Crippen molar-refractivity contribution in [3.63, 3.8) is 0 Å². The molecule has 0 saturated heterocycles. The van der Waals surface area contributed by atoms with Gasteiger partial charge in [0.05, 0.1) is 29.0 Å². The van der Waals surface area contributed by atoms with Gasteiger partial charge >= 0.3 is 0 Å². The Hall–Kier alpha value is -2.82. The number of hydrogen-bond acceptors (Lipinski definition) is 9. The zero-order chi connectivity index (χ0) is 22.2. The third-order valence-corrected chi connectivity index (χ3v) is 4.73. The van der Waals surface area contributed by atoms with Gasteiger partial charge in [0.15, 0.2) is 0 Å². The molecule has 3 aromatic heterocycles. The lowest BCUT2D eigenvalue weighted by Crippen LogP contribution is -2.09. The average Bonchev–Trinajstić information content (AvgIpc) is 3.19. The molecule has 0 aliphatic heterocycles. The van der Waals surface area contributed by atoms with E-state index in [1.54, 1.807) is 29.9 Å². The van der Waals surface area contributed by atoms with Crippen molar-refractivity contribution in [2.75, 3.05) is 23.8 Å². The third kappa shape index (κ3) is 9.59. The number of aromatic nitrogens is 3. The molecule has 0 fully saturated rings. The fourth-order valence-electron chi connectivity index (χ4n) is 2.04. The number of pyridine rings is 1. The van der Waals surface area contributed by atoms with Gasteiger partial charge in [-0.2, -0.15) is 4.98 Å². The summed E-state index contributed by atoms with van der Waals surface area (Å²) in [5.74, 6) is 1.19. The van der Waals surface area contributed by atoms with Gasteiger partial charge in [-0.05, 0) is 47.3 Å². The van der Waals surface area contributed by atoms with Gasteiger partial charge in [-0.3, -0.25) is 4.98 Å². The van der Waals surface area contributed by atoms with Gasteiger partial charge in [-0.1, -0.05) is 12.6 Å². The minimum absolute atomic E-state index is 0.0585. The molecule has 0 aliphatic rings. The fourth-order valence-corrected chi connectivity index (χ4v) is 3.01. The number of hydrogen-bond donors (Lipinski definition) is 4. The van der Waals surface area contributed by atoms with Crippen molar-refractivity contribution in [3.8, 4) is 0 Å². The molecule has 0 unspecified atom stereocenters. The summed E-state index contributed by atoms with van der Waals surface area (Å²) in [6, 6.07) is 7.87. The number of carbonyl (C=O) groups is 1. The molecule has 0 aromatic carbocycles. The smallest absolute Gasteiger partial charge is 0.229 e. The van der Waals surface area contributed by atoms with Crippen LogP contribution in [-0.2, 0) is 11.3 Å².